The Hall–Kier alpha value is -0.460. The third-order valence-corrected chi connectivity index (χ3v) is 5.81. The molecule has 1 spiro atoms. The fourth-order valence-electron chi connectivity index (χ4n) is 2.06. The summed E-state index contributed by atoms with van der Waals surface area (Å²) in [5.41, 5.74) is 1.94. The van der Waals surface area contributed by atoms with Gasteiger partial charge in [0.25, 0.3) is 0 Å². The van der Waals surface area contributed by atoms with Gasteiger partial charge in [-0.15, -0.1) is 11.8 Å². The summed E-state index contributed by atoms with van der Waals surface area (Å²) >= 11 is 6.61. The van der Waals surface area contributed by atoms with E-state index in [1.165, 1.54) is 0 Å². The van der Waals surface area contributed by atoms with Crippen molar-refractivity contribution in [3.05, 3.63) is 28.2 Å². The maximum atomic E-state index is 12.2. The normalized spacial score (nSPS) is 26.0. The standard InChI is InChI=1S/C11H9BrN2OS2/c1-16-10-13-5-11(17-10)7-4-6(12)2-3-8(7)14-9(11)15/h2-4H,5H2,1H3,(H,14,15). The first-order valence-electron chi connectivity index (χ1n) is 5.05. The molecular formula is C11H9BrN2OS2. The van der Waals surface area contributed by atoms with E-state index in [0.29, 0.717) is 6.54 Å². The van der Waals surface area contributed by atoms with Crippen LogP contribution in [0.4, 0.5) is 5.69 Å². The van der Waals surface area contributed by atoms with E-state index in [2.05, 4.69) is 26.2 Å². The Morgan fingerprint density at radius 2 is 2.41 bits per heavy atom. The molecule has 0 radical (unpaired) electrons. The SMILES string of the molecule is CSC1=NCC2(S1)C(=O)Nc1ccc(Br)cc12. The molecule has 2 aliphatic rings. The molecule has 1 aromatic carbocycles. The van der Waals surface area contributed by atoms with Crippen LogP contribution in [0.1, 0.15) is 5.56 Å². The molecule has 2 heterocycles. The van der Waals surface area contributed by atoms with Crippen LogP contribution in [-0.4, -0.2) is 23.1 Å². The Bertz CT molecular complexity index is 546. The summed E-state index contributed by atoms with van der Waals surface area (Å²) in [5, 5.41) is 2.94. The number of nitrogens with one attached hydrogen (secondary N) is 1. The van der Waals surface area contributed by atoms with Gasteiger partial charge in [0.15, 0.2) is 0 Å². The number of aliphatic imine (C=N–C) groups is 1. The Morgan fingerprint density at radius 3 is 3.12 bits per heavy atom. The molecule has 1 N–H and O–H groups in total. The molecule has 0 aliphatic carbocycles. The molecule has 1 aromatic rings. The van der Waals surface area contributed by atoms with Crippen molar-refractivity contribution in [1.82, 2.24) is 0 Å². The molecule has 0 fully saturated rings. The largest absolute Gasteiger partial charge is 0.324 e. The van der Waals surface area contributed by atoms with Gasteiger partial charge in [0.1, 0.15) is 9.12 Å². The molecule has 6 heteroatoms. The number of hydrogen-bond donors (Lipinski definition) is 1. The number of anilines is 1. The fourth-order valence-corrected chi connectivity index (χ4v) is 4.35. The van der Waals surface area contributed by atoms with E-state index in [-0.39, 0.29) is 5.91 Å². The van der Waals surface area contributed by atoms with Crippen molar-refractivity contribution < 1.29 is 4.79 Å². The van der Waals surface area contributed by atoms with Gasteiger partial charge in [-0.3, -0.25) is 9.79 Å². The maximum absolute atomic E-state index is 12.2. The van der Waals surface area contributed by atoms with Gasteiger partial charge in [-0.1, -0.05) is 27.7 Å². The van der Waals surface area contributed by atoms with E-state index in [0.717, 1.165) is 20.1 Å². The van der Waals surface area contributed by atoms with Gasteiger partial charge in [0, 0.05) is 15.7 Å². The van der Waals surface area contributed by atoms with Crippen LogP contribution in [0.3, 0.4) is 0 Å². The number of halogens is 1. The van der Waals surface area contributed by atoms with Gasteiger partial charge in [-0.25, -0.2) is 0 Å². The molecule has 3 rings (SSSR count). The van der Waals surface area contributed by atoms with Gasteiger partial charge in [0.2, 0.25) is 5.91 Å². The first-order chi connectivity index (χ1) is 8.15. The summed E-state index contributed by atoms with van der Waals surface area (Å²) in [5.74, 6) is 0.0448. The summed E-state index contributed by atoms with van der Waals surface area (Å²) in [6, 6.07) is 5.89. The van der Waals surface area contributed by atoms with Crippen molar-refractivity contribution in [2.75, 3.05) is 18.1 Å². The van der Waals surface area contributed by atoms with Crippen LogP contribution in [0, 0.1) is 0 Å². The summed E-state index contributed by atoms with van der Waals surface area (Å²) in [6.45, 7) is 0.531. The Kier molecular flexibility index (Phi) is 2.76. The Balaban J connectivity index is 2.09. The van der Waals surface area contributed by atoms with Crippen LogP contribution in [0.5, 0.6) is 0 Å². The second-order valence-electron chi connectivity index (χ2n) is 3.86. The number of amides is 1. The van der Waals surface area contributed by atoms with Crippen molar-refractivity contribution >= 4 is 55.4 Å². The zero-order valence-electron chi connectivity index (χ0n) is 8.99. The van der Waals surface area contributed by atoms with Gasteiger partial charge >= 0.3 is 0 Å². The van der Waals surface area contributed by atoms with E-state index < -0.39 is 4.75 Å². The number of nitrogens with zero attached hydrogens (tertiary/aromatic N) is 1. The van der Waals surface area contributed by atoms with E-state index in [1.54, 1.807) is 23.5 Å². The van der Waals surface area contributed by atoms with E-state index in [1.807, 2.05) is 24.5 Å². The summed E-state index contributed by atoms with van der Waals surface area (Å²) < 4.78 is 1.43. The highest BCUT2D eigenvalue weighted by atomic mass is 79.9. The minimum atomic E-state index is -0.544. The van der Waals surface area contributed by atoms with E-state index >= 15 is 0 Å². The van der Waals surface area contributed by atoms with Crippen molar-refractivity contribution in [2.24, 2.45) is 4.99 Å². The Morgan fingerprint density at radius 1 is 1.59 bits per heavy atom. The number of hydrogen-bond acceptors (Lipinski definition) is 4. The van der Waals surface area contributed by atoms with Crippen molar-refractivity contribution in [3.8, 4) is 0 Å². The predicted molar refractivity (Wildman–Crippen MR) is 77.9 cm³/mol. The fraction of sp³-hybridized carbons (Fsp3) is 0.273. The first-order valence-corrected chi connectivity index (χ1v) is 7.88. The van der Waals surface area contributed by atoms with Crippen LogP contribution in [0.15, 0.2) is 27.7 Å². The molecule has 88 valence electrons. The molecule has 2 aliphatic heterocycles. The van der Waals surface area contributed by atoms with Crippen LogP contribution in [-0.2, 0) is 9.54 Å². The third kappa shape index (κ3) is 1.65. The molecule has 17 heavy (non-hydrogen) atoms. The quantitative estimate of drug-likeness (QED) is 0.795. The maximum Gasteiger partial charge on any atom is 0.247 e. The minimum Gasteiger partial charge on any atom is -0.324 e. The lowest BCUT2D eigenvalue weighted by Gasteiger charge is -2.18. The number of rotatable bonds is 0. The van der Waals surface area contributed by atoms with Crippen LogP contribution >= 0.6 is 39.5 Å². The smallest absolute Gasteiger partial charge is 0.247 e. The number of thioether (sulfide) groups is 2. The van der Waals surface area contributed by atoms with Crippen molar-refractivity contribution in [3.63, 3.8) is 0 Å². The zero-order chi connectivity index (χ0) is 12.0. The summed E-state index contributed by atoms with van der Waals surface area (Å²) in [4.78, 5) is 16.6. The van der Waals surface area contributed by atoms with Crippen molar-refractivity contribution in [2.45, 2.75) is 4.75 Å². The average Bonchev–Trinajstić information content (AvgIpc) is 2.86. The lowest BCUT2D eigenvalue weighted by Crippen LogP contribution is -2.31. The minimum absolute atomic E-state index is 0.0448. The molecule has 1 atom stereocenters. The van der Waals surface area contributed by atoms with Gasteiger partial charge < -0.3 is 5.32 Å². The molecular weight excluding hydrogens is 320 g/mol. The molecule has 1 unspecified atom stereocenters. The summed E-state index contributed by atoms with van der Waals surface area (Å²) in [7, 11) is 0. The monoisotopic (exact) mass is 328 g/mol. The van der Waals surface area contributed by atoms with Crippen molar-refractivity contribution in [1.29, 1.82) is 0 Å². The second kappa shape index (κ2) is 4.03. The molecule has 0 bridgehead atoms. The lowest BCUT2D eigenvalue weighted by atomic mass is 10.00. The summed E-state index contributed by atoms with van der Waals surface area (Å²) in [6.07, 6.45) is 1.99. The lowest BCUT2D eigenvalue weighted by molar-refractivity contribution is -0.117. The third-order valence-electron chi connectivity index (χ3n) is 2.90. The van der Waals surface area contributed by atoms with Gasteiger partial charge in [-0.05, 0) is 24.5 Å². The highest BCUT2D eigenvalue weighted by molar-refractivity contribution is 9.10. The number of carbonyl (C=O) groups excluding carboxylic acids is 1. The van der Waals surface area contributed by atoms with E-state index in [9.17, 15) is 4.79 Å². The number of fused-ring (bicyclic) bond motifs is 2. The number of carbonyl (C=O) groups is 1. The topological polar surface area (TPSA) is 41.5 Å². The molecule has 0 aromatic heterocycles. The predicted octanol–water partition coefficient (Wildman–Crippen LogP) is 3.06. The zero-order valence-corrected chi connectivity index (χ0v) is 12.2. The highest BCUT2D eigenvalue weighted by Gasteiger charge is 2.51. The van der Waals surface area contributed by atoms with Crippen LogP contribution in [0.25, 0.3) is 0 Å². The van der Waals surface area contributed by atoms with Gasteiger partial charge in [-0.2, -0.15) is 0 Å². The molecule has 3 nitrogen and oxygen atoms in total. The molecule has 0 saturated carbocycles. The van der Waals surface area contributed by atoms with E-state index in [4.69, 9.17) is 0 Å². The molecule has 0 saturated heterocycles. The van der Waals surface area contributed by atoms with Crippen LogP contribution in [0.2, 0.25) is 0 Å². The van der Waals surface area contributed by atoms with Crippen LogP contribution < -0.4 is 5.32 Å². The number of benzene rings is 1. The first kappa shape index (κ1) is 11.6. The van der Waals surface area contributed by atoms with Gasteiger partial charge in [0.05, 0.1) is 6.54 Å². The average molecular weight is 329 g/mol. The second-order valence-corrected chi connectivity index (χ2v) is 7.12. The Labute approximate surface area is 116 Å². The molecule has 1 amide bonds. The highest BCUT2D eigenvalue weighted by Crippen LogP contribution is 2.51.